The van der Waals surface area contributed by atoms with Crippen molar-refractivity contribution in [3.8, 4) is 17.2 Å². The van der Waals surface area contributed by atoms with E-state index in [1.807, 2.05) is 19.1 Å². The van der Waals surface area contributed by atoms with Crippen LogP contribution in [0.15, 0.2) is 48.6 Å². The van der Waals surface area contributed by atoms with Gasteiger partial charge in [-0.3, -0.25) is 0 Å². The van der Waals surface area contributed by atoms with E-state index >= 15 is 0 Å². The first-order valence-electron chi connectivity index (χ1n) is 8.40. The fraction of sp³-hybridized carbons (Fsp3) is 0.300. The van der Waals surface area contributed by atoms with Gasteiger partial charge in [0.1, 0.15) is 17.2 Å². The third kappa shape index (κ3) is 2.30. The van der Waals surface area contributed by atoms with Crippen LogP contribution in [0.25, 0.3) is 0 Å². The Morgan fingerprint density at radius 1 is 1.17 bits per heavy atom. The Morgan fingerprint density at radius 2 is 2.04 bits per heavy atom. The van der Waals surface area contributed by atoms with Gasteiger partial charge in [0.15, 0.2) is 0 Å². The number of allylic oxidation sites excluding steroid dienone is 2. The average molecular weight is 323 g/mol. The molecule has 4 heteroatoms. The molecule has 0 spiro atoms. The number of rotatable bonds is 3. The molecule has 24 heavy (non-hydrogen) atoms. The largest absolute Gasteiger partial charge is 0.508 e. The lowest BCUT2D eigenvalue weighted by molar-refractivity contribution is 0.336. The molecule has 0 fully saturated rings. The van der Waals surface area contributed by atoms with Crippen molar-refractivity contribution in [2.24, 2.45) is 5.92 Å². The maximum Gasteiger partial charge on any atom is 0.142 e. The Bertz CT molecular complexity index is 799. The van der Waals surface area contributed by atoms with E-state index in [0.717, 1.165) is 23.4 Å². The van der Waals surface area contributed by atoms with E-state index in [4.69, 9.17) is 4.74 Å². The zero-order valence-electron chi connectivity index (χ0n) is 13.6. The highest BCUT2D eigenvalue weighted by molar-refractivity contribution is 5.68. The first kappa shape index (κ1) is 14.9. The van der Waals surface area contributed by atoms with Crippen LogP contribution in [-0.2, 0) is 0 Å². The van der Waals surface area contributed by atoms with Crippen LogP contribution in [0.2, 0.25) is 0 Å². The molecule has 3 N–H and O–H groups in total. The molecule has 124 valence electrons. The number of para-hydroxylation sites is 1. The maximum absolute atomic E-state index is 10.3. The van der Waals surface area contributed by atoms with E-state index < -0.39 is 0 Å². The molecule has 3 atom stereocenters. The number of phenolic OH excluding ortho intramolecular Hbond substituents is 2. The first-order chi connectivity index (χ1) is 11.7. The molecular weight excluding hydrogens is 302 g/mol. The van der Waals surface area contributed by atoms with Crippen LogP contribution in [0.3, 0.4) is 0 Å². The maximum atomic E-state index is 10.3. The molecule has 0 aromatic heterocycles. The second-order valence-electron chi connectivity index (χ2n) is 6.37. The molecule has 1 aliphatic heterocycles. The monoisotopic (exact) mass is 323 g/mol. The van der Waals surface area contributed by atoms with Crippen LogP contribution in [-0.4, -0.2) is 16.8 Å². The highest BCUT2D eigenvalue weighted by atomic mass is 16.5. The Hall–Kier alpha value is -2.62. The summed E-state index contributed by atoms with van der Waals surface area (Å²) in [4.78, 5) is 0. The smallest absolute Gasteiger partial charge is 0.142 e. The van der Waals surface area contributed by atoms with Gasteiger partial charge in [-0.05, 0) is 43.0 Å². The van der Waals surface area contributed by atoms with Gasteiger partial charge in [-0.2, -0.15) is 0 Å². The molecule has 1 heterocycles. The van der Waals surface area contributed by atoms with Gasteiger partial charge in [0.25, 0.3) is 0 Å². The Labute approximate surface area is 141 Å². The summed E-state index contributed by atoms with van der Waals surface area (Å²) in [7, 11) is 0. The standard InChI is InChI=1S/C20H21NO3/c1-2-24-18-8-4-7-15-13-5-3-6-14(13)19(21-20(15)18)16-10-9-12(22)11-17(16)23/h3-5,7-11,13-14,19,21-23H,2,6H2,1H3. The number of ether oxygens (including phenoxy) is 1. The number of nitrogens with one attached hydrogen (secondary N) is 1. The van der Waals surface area contributed by atoms with Crippen molar-refractivity contribution < 1.29 is 14.9 Å². The zero-order valence-corrected chi connectivity index (χ0v) is 13.6. The summed E-state index contributed by atoms with van der Waals surface area (Å²) in [6.45, 7) is 2.58. The molecule has 2 aromatic rings. The van der Waals surface area contributed by atoms with E-state index in [-0.39, 0.29) is 17.5 Å². The lowest BCUT2D eigenvalue weighted by atomic mass is 9.76. The first-order valence-corrected chi connectivity index (χ1v) is 8.40. The summed E-state index contributed by atoms with van der Waals surface area (Å²) in [6, 6.07) is 10.9. The third-order valence-electron chi connectivity index (χ3n) is 5.01. The number of hydrogen-bond acceptors (Lipinski definition) is 4. The van der Waals surface area contributed by atoms with Gasteiger partial charge in [0.2, 0.25) is 0 Å². The normalized spacial score (nSPS) is 24.1. The van der Waals surface area contributed by atoms with Crippen molar-refractivity contribution in [3.05, 3.63) is 59.7 Å². The quantitative estimate of drug-likeness (QED) is 0.736. The zero-order chi connectivity index (χ0) is 16.7. The van der Waals surface area contributed by atoms with Gasteiger partial charge in [0, 0.05) is 17.5 Å². The number of fused-ring (bicyclic) bond motifs is 3. The van der Waals surface area contributed by atoms with Gasteiger partial charge in [-0.25, -0.2) is 0 Å². The van der Waals surface area contributed by atoms with Crippen molar-refractivity contribution in [1.29, 1.82) is 0 Å². The van der Waals surface area contributed by atoms with Crippen molar-refractivity contribution >= 4 is 5.69 Å². The Kier molecular flexibility index (Phi) is 3.60. The number of anilines is 1. The van der Waals surface area contributed by atoms with E-state index in [0.29, 0.717) is 18.4 Å². The molecule has 2 aliphatic rings. The van der Waals surface area contributed by atoms with E-state index in [9.17, 15) is 10.2 Å². The van der Waals surface area contributed by atoms with Gasteiger partial charge in [-0.1, -0.05) is 24.3 Å². The van der Waals surface area contributed by atoms with E-state index in [1.165, 1.54) is 11.6 Å². The summed E-state index contributed by atoms with van der Waals surface area (Å²) in [5.74, 6) is 1.68. The molecule has 0 saturated heterocycles. The molecule has 3 unspecified atom stereocenters. The summed E-state index contributed by atoms with van der Waals surface area (Å²) < 4.78 is 5.80. The minimum absolute atomic E-state index is 0.0280. The lowest BCUT2D eigenvalue weighted by Gasteiger charge is -2.38. The number of benzene rings is 2. The van der Waals surface area contributed by atoms with Crippen molar-refractivity contribution in [1.82, 2.24) is 0 Å². The SMILES string of the molecule is CCOc1cccc2c1NC(c1ccc(O)cc1O)C1CC=CC21. The van der Waals surface area contributed by atoms with Crippen LogP contribution in [0, 0.1) is 5.92 Å². The van der Waals surface area contributed by atoms with E-state index in [2.05, 4.69) is 23.5 Å². The number of phenols is 2. The molecular formula is C20H21NO3. The van der Waals surface area contributed by atoms with Gasteiger partial charge < -0.3 is 20.3 Å². The molecule has 4 rings (SSSR count). The highest BCUT2D eigenvalue weighted by Gasteiger charge is 2.39. The van der Waals surface area contributed by atoms with Gasteiger partial charge >= 0.3 is 0 Å². The van der Waals surface area contributed by atoms with Crippen molar-refractivity contribution in [3.63, 3.8) is 0 Å². The second-order valence-corrected chi connectivity index (χ2v) is 6.37. The molecule has 1 aliphatic carbocycles. The second kappa shape index (κ2) is 5.78. The summed E-state index contributed by atoms with van der Waals surface area (Å²) in [5, 5.41) is 23.5. The highest BCUT2D eigenvalue weighted by Crippen LogP contribution is 2.53. The molecule has 0 saturated carbocycles. The molecule has 0 radical (unpaired) electrons. The molecule has 0 bridgehead atoms. The Balaban J connectivity index is 1.81. The van der Waals surface area contributed by atoms with Gasteiger partial charge in [0.05, 0.1) is 18.3 Å². The third-order valence-corrected chi connectivity index (χ3v) is 5.01. The molecule has 4 nitrogen and oxygen atoms in total. The molecule has 2 aromatic carbocycles. The van der Waals surface area contributed by atoms with Crippen LogP contribution in [0.4, 0.5) is 5.69 Å². The van der Waals surface area contributed by atoms with Crippen molar-refractivity contribution in [2.75, 3.05) is 11.9 Å². The minimum Gasteiger partial charge on any atom is -0.508 e. The minimum atomic E-state index is -0.0280. The van der Waals surface area contributed by atoms with Gasteiger partial charge in [-0.15, -0.1) is 0 Å². The summed E-state index contributed by atoms with van der Waals surface area (Å²) in [6.07, 6.45) is 5.43. The topological polar surface area (TPSA) is 61.7 Å². The predicted octanol–water partition coefficient (Wildman–Crippen LogP) is 4.32. The number of aromatic hydroxyl groups is 2. The van der Waals surface area contributed by atoms with Crippen LogP contribution in [0.1, 0.15) is 36.4 Å². The summed E-state index contributed by atoms with van der Waals surface area (Å²) >= 11 is 0. The average Bonchev–Trinajstić information content (AvgIpc) is 3.05. The molecule has 0 amide bonds. The van der Waals surface area contributed by atoms with Crippen LogP contribution >= 0.6 is 0 Å². The van der Waals surface area contributed by atoms with Crippen LogP contribution in [0.5, 0.6) is 17.2 Å². The Morgan fingerprint density at radius 3 is 2.83 bits per heavy atom. The summed E-state index contributed by atoms with van der Waals surface area (Å²) in [5.41, 5.74) is 3.06. The van der Waals surface area contributed by atoms with Crippen molar-refractivity contribution in [2.45, 2.75) is 25.3 Å². The fourth-order valence-electron chi connectivity index (χ4n) is 3.97. The van der Waals surface area contributed by atoms with Crippen LogP contribution < -0.4 is 10.1 Å². The number of hydrogen-bond donors (Lipinski definition) is 3. The fourth-order valence-corrected chi connectivity index (χ4v) is 3.97. The lowest BCUT2D eigenvalue weighted by Crippen LogP contribution is -2.29. The predicted molar refractivity (Wildman–Crippen MR) is 93.7 cm³/mol. The van der Waals surface area contributed by atoms with E-state index in [1.54, 1.807) is 12.1 Å².